The van der Waals surface area contributed by atoms with Gasteiger partial charge in [-0.05, 0) is 196 Å². The zero-order valence-electron chi connectivity index (χ0n) is 82.4. The van der Waals surface area contributed by atoms with E-state index < -0.39 is 59.1 Å². The molecule has 0 radical (unpaired) electrons. The van der Waals surface area contributed by atoms with Crippen LogP contribution in [0.2, 0.25) is 0 Å². The number of hydrogen-bond acceptors (Lipinski definition) is 31. The Kier molecular flexibility index (Phi) is 76.6. The highest BCUT2D eigenvalue weighted by Gasteiger charge is 2.31. The highest BCUT2D eigenvalue weighted by atomic mass is 32.2. The van der Waals surface area contributed by atoms with Gasteiger partial charge < -0.3 is 80.9 Å². The van der Waals surface area contributed by atoms with Crippen molar-refractivity contribution in [1.29, 1.82) is 0 Å². The van der Waals surface area contributed by atoms with Crippen molar-refractivity contribution >= 4 is 102 Å². The van der Waals surface area contributed by atoms with Crippen molar-refractivity contribution in [3.63, 3.8) is 0 Å². The maximum absolute atomic E-state index is 12.0. The van der Waals surface area contributed by atoms with Gasteiger partial charge in [-0.3, -0.25) is 52.7 Å². The fourth-order valence-corrected chi connectivity index (χ4v) is 8.44. The van der Waals surface area contributed by atoms with Crippen LogP contribution in [0.1, 0.15) is 231 Å². The largest absolute Gasteiger partial charge is 0.760 e. The average molecular weight is 1880 g/mol. The van der Waals surface area contributed by atoms with Crippen LogP contribution in [0, 0.1) is 49.7 Å². The molecule has 0 aliphatic heterocycles. The van der Waals surface area contributed by atoms with Gasteiger partial charge in [0.15, 0.2) is 0 Å². The van der Waals surface area contributed by atoms with Crippen LogP contribution in [0.5, 0.6) is 0 Å². The number of hydrogen-bond donors (Lipinski definition) is 5. The van der Waals surface area contributed by atoms with Gasteiger partial charge in [0.05, 0.1) is 135 Å². The molecule has 0 aliphatic rings. The van der Waals surface area contributed by atoms with Gasteiger partial charge in [-0.25, -0.2) is 36.2 Å². The molecule has 0 aliphatic carbocycles. The van der Waals surface area contributed by atoms with Crippen LogP contribution in [0.15, 0.2) is 58.3 Å². The van der Waals surface area contributed by atoms with Gasteiger partial charge in [-0.15, -0.1) is 0 Å². The molecular weight excluding hydrogens is 1720 g/mol. The number of rotatable bonds is 48. The number of anilines is 2. The van der Waals surface area contributed by atoms with Crippen molar-refractivity contribution in [3.8, 4) is 0 Å². The van der Waals surface area contributed by atoms with E-state index in [-0.39, 0.29) is 118 Å². The van der Waals surface area contributed by atoms with E-state index in [1.165, 1.54) is 64.8 Å². The Hall–Kier alpha value is -7.41. The normalized spacial score (nSPS) is 12.0. The third-order valence-electron chi connectivity index (χ3n) is 19.6. The number of methoxy groups -OCH3 is 6. The van der Waals surface area contributed by atoms with Gasteiger partial charge in [-0.2, -0.15) is 0 Å². The summed E-state index contributed by atoms with van der Waals surface area (Å²) in [6, 6.07) is 11.4. The first-order chi connectivity index (χ1) is 58.8. The minimum absolute atomic E-state index is 0.0268. The zero-order valence-corrected chi connectivity index (χ0v) is 84.9. The van der Waals surface area contributed by atoms with Crippen molar-refractivity contribution in [1.82, 2.24) is 9.44 Å². The number of benzene rings is 2. The van der Waals surface area contributed by atoms with Crippen molar-refractivity contribution in [3.05, 3.63) is 48.5 Å². The van der Waals surface area contributed by atoms with Gasteiger partial charge in [0.2, 0.25) is 26.0 Å². The number of nitrogens with two attached hydrogens (primary N) is 1. The third kappa shape index (κ3) is 67.5. The highest BCUT2D eigenvalue weighted by Crippen LogP contribution is 2.27. The minimum Gasteiger partial charge on any atom is -0.760 e. The summed E-state index contributed by atoms with van der Waals surface area (Å²) in [4.78, 5) is 113. The van der Waals surface area contributed by atoms with E-state index in [1.807, 2.05) is 159 Å². The fraction of sp³-hybridized carbons (Fsp3) is 0.750. The van der Waals surface area contributed by atoms with E-state index >= 15 is 0 Å². The predicted molar refractivity (Wildman–Crippen MR) is 487 cm³/mol. The van der Waals surface area contributed by atoms with E-state index in [2.05, 4.69) is 34.3 Å². The van der Waals surface area contributed by atoms with Crippen LogP contribution < -0.4 is 25.2 Å². The maximum atomic E-state index is 12.0. The van der Waals surface area contributed by atoms with Gasteiger partial charge in [0, 0.05) is 55.9 Å². The minimum atomic E-state index is -3.78. The molecule has 3 atom stereocenters. The monoisotopic (exact) mass is 1880 g/mol. The number of esters is 8. The first-order valence-corrected chi connectivity index (χ1v) is 46.4. The molecule has 0 saturated heterocycles. The second-order valence-corrected chi connectivity index (χ2v) is 36.7. The van der Waals surface area contributed by atoms with Crippen molar-refractivity contribution in [2.75, 3.05) is 166 Å². The number of carbonyl (C=O) groups is 10. The molecule has 0 aromatic heterocycles. The van der Waals surface area contributed by atoms with E-state index in [1.54, 1.807) is 47.3 Å². The Morgan fingerprint density at radius 1 is 0.370 bits per heavy atom. The average Bonchev–Trinajstić information content (AvgIpc) is 0.893. The molecule has 127 heavy (non-hydrogen) atoms. The first kappa shape index (κ1) is 133. The molecule has 0 heterocycles. The summed E-state index contributed by atoms with van der Waals surface area (Å²) in [5.41, 5.74) is -1.64. The first-order valence-electron chi connectivity index (χ1n) is 42.3. The molecule has 0 bridgehead atoms. The lowest BCUT2D eigenvalue weighted by Crippen LogP contribution is -2.30. The topological polar surface area (TPSA) is 492 Å². The van der Waals surface area contributed by atoms with Crippen LogP contribution in [0.25, 0.3) is 0 Å². The van der Waals surface area contributed by atoms with E-state index in [0.29, 0.717) is 97.1 Å². The van der Waals surface area contributed by atoms with Crippen molar-refractivity contribution < 1.29 is 145 Å². The summed E-state index contributed by atoms with van der Waals surface area (Å²) in [5.74, 6) is -1.93. The Morgan fingerprint density at radius 3 is 0.882 bits per heavy atom. The van der Waals surface area contributed by atoms with Crippen LogP contribution >= 0.6 is 0 Å². The summed E-state index contributed by atoms with van der Waals surface area (Å²) in [5, 5.41) is 10.1. The second kappa shape index (κ2) is 73.3. The summed E-state index contributed by atoms with van der Waals surface area (Å²) in [6.45, 7) is 52.9. The quantitative estimate of drug-likeness (QED) is 0.0178. The Labute approximate surface area is 762 Å². The van der Waals surface area contributed by atoms with Gasteiger partial charge >= 0.3 is 53.8 Å². The molecule has 36 nitrogen and oxygen atoms in total. The van der Waals surface area contributed by atoms with Gasteiger partial charge in [-0.1, -0.05) is 90.0 Å². The Balaban J connectivity index is -0.000000259. The summed E-state index contributed by atoms with van der Waals surface area (Å²) in [6.07, 6.45) is 6.16. The summed E-state index contributed by atoms with van der Waals surface area (Å²) < 4.78 is 143. The Morgan fingerprint density at radius 2 is 0.630 bits per heavy atom. The molecule has 0 fully saturated rings. The second-order valence-electron chi connectivity index (χ2n) is 32.5. The SMILES string of the molecule is CCC(C)(C)C(=O)Nc1ccc(S(=O)(=O)NC)cc1.CCC(C)(C)C(=O)OC.CCC(C)(C)C(=O)OC.CCC(C)(C)C(=O)OC.CCC(C)(C)C(=O)OCCOCCOC.CCC(C)(C)C(=O)OCCOCCOC.CCC(C)(C)C(=O)OCCOCCOC.CCC(C)C(=O)OCCNS(=O)[O-].CCC(C)C(=O)OCCOC(=O)Nc1ccc(S(N)(=O)=O)cc1. The van der Waals surface area contributed by atoms with E-state index in [0.717, 1.165) is 51.4 Å². The molecular formula is C88H162N5O31S3-. The van der Waals surface area contributed by atoms with Crippen LogP contribution in [0.4, 0.5) is 16.2 Å². The molecule has 6 N–H and O–H groups in total. The van der Waals surface area contributed by atoms with Crippen LogP contribution in [0.3, 0.4) is 0 Å². The number of amides is 2. The van der Waals surface area contributed by atoms with Crippen LogP contribution in [-0.4, -0.2) is 241 Å². The highest BCUT2D eigenvalue weighted by molar-refractivity contribution is 7.89. The van der Waals surface area contributed by atoms with Crippen molar-refractivity contribution in [2.24, 2.45) is 54.9 Å². The van der Waals surface area contributed by atoms with Gasteiger partial charge in [0.1, 0.15) is 39.6 Å². The lowest BCUT2D eigenvalue weighted by Gasteiger charge is -2.21. The number of ether oxygens (including phenoxy) is 15. The lowest BCUT2D eigenvalue weighted by molar-refractivity contribution is -0.156. The maximum Gasteiger partial charge on any atom is 0.411 e. The molecule has 2 aromatic carbocycles. The standard InChI is InChI=1S/C14H20N2O6S.C13H20N2O3S.3C11H22O4.C7H15NO4S.3C7H14O2/c1-3-10(2)13(17)21-8-9-22-14(18)16-11-4-6-12(7-5-11)23(15,19)20;1-5-13(2,3)12(16)15-10-6-8-11(9-7-10)19(17,18)14-4;3*1-5-11(2,3)10(12)15-9-8-14-7-6-13-4;1-3-6(2)7(9)12-5-4-8-13(10)11;3*1-5-7(2,3)6(8)9-4/h4-7,10H,3,8-9H2,1-2H3,(H,16,18)(H2,15,19,20);6-9,14H,5H2,1-4H3,(H,15,16);3*5-9H2,1-4H3;6,8H,3-5H2,1-2H3,(H,10,11);3*5H2,1-4H3/p-1. The Bertz CT molecular complexity index is 3430. The predicted octanol–water partition coefficient (Wildman–Crippen LogP) is 13.1. The number of primary sulfonamides is 1. The third-order valence-corrected chi connectivity index (χ3v) is 22.4. The van der Waals surface area contributed by atoms with E-state index in [9.17, 15) is 73.5 Å². The summed E-state index contributed by atoms with van der Waals surface area (Å²) in [7, 11) is 3.25. The smallest absolute Gasteiger partial charge is 0.411 e. The fourth-order valence-electron chi connectivity index (χ4n) is 6.94. The summed E-state index contributed by atoms with van der Waals surface area (Å²) >= 11 is -2.28. The van der Waals surface area contributed by atoms with Crippen LogP contribution in [-0.2, 0) is 146 Å². The van der Waals surface area contributed by atoms with E-state index in [4.69, 9.17) is 62.0 Å². The molecule has 2 amide bonds. The molecule has 0 saturated carbocycles. The molecule has 3 unspecified atom stereocenters. The molecule has 0 spiro atoms. The van der Waals surface area contributed by atoms with Crippen molar-refractivity contribution in [2.45, 2.75) is 241 Å². The number of sulfonamides is 2. The zero-order chi connectivity index (χ0) is 100. The number of carbonyl (C=O) groups excluding carboxylic acids is 10. The molecule has 2 aromatic rings. The molecule has 744 valence electrons. The molecule has 2 rings (SSSR count). The lowest BCUT2D eigenvalue weighted by atomic mass is 9.89. The number of nitrogens with one attached hydrogen (secondary N) is 4. The van der Waals surface area contributed by atoms with Gasteiger partial charge in [0.25, 0.3) is 0 Å². The molecule has 39 heteroatoms.